The number of hydrogen-bond donors (Lipinski definition) is 0. The van der Waals surface area contributed by atoms with Crippen molar-refractivity contribution in [2.75, 3.05) is 27.5 Å². The van der Waals surface area contributed by atoms with Crippen molar-refractivity contribution in [3.05, 3.63) is 22.4 Å². The van der Waals surface area contributed by atoms with E-state index in [2.05, 4.69) is 4.74 Å². The molecule has 0 amide bonds. The Morgan fingerprint density at radius 1 is 1.39 bits per heavy atom. The van der Waals surface area contributed by atoms with Crippen LogP contribution in [0.3, 0.4) is 0 Å². The summed E-state index contributed by atoms with van der Waals surface area (Å²) in [5.74, 6) is -0.560. The molecule has 7 heteroatoms. The molecular formula is C11H17O5PS. The molecule has 0 saturated carbocycles. The fourth-order valence-electron chi connectivity index (χ4n) is 1.56. The molecule has 1 atom stereocenters. The van der Waals surface area contributed by atoms with E-state index in [9.17, 15) is 9.36 Å². The molecule has 0 spiro atoms. The molecule has 5 nitrogen and oxygen atoms in total. The van der Waals surface area contributed by atoms with Crippen molar-refractivity contribution in [3.8, 4) is 0 Å². The van der Waals surface area contributed by atoms with E-state index in [1.54, 1.807) is 0 Å². The first-order valence-electron chi connectivity index (χ1n) is 5.35. The number of thiophene rings is 1. The molecular weight excluding hydrogens is 275 g/mol. The van der Waals surface area contributed by atoms with Gasteiger partial charge in [-0.2, -0.15) is 0 Å². The molecule has 0 bridgehead atoms. The zero-order chi connectivity index (χ0) is 13.6. The summed E-state index contributed by atoms with van der Waals surface area (Å²) in [4.78, 5) is 12.4. The van der Waals surface area contributed by atoms with E-state index in [1.165, 1.54) is 32.7 Å². The van der Waals surface area contributed by atoms with Gasteiger partial charge in [-0.15, -0.1) is 11.3 Å². The van der Waals surface area contributed by atoms with E-state index in [-0.39, 0.29) is 24.5 Å². The summed E-state index contributed by atoms with van der Waals surface area (Å²) in [6, 6.07) is 3.78. The highest BCUT2D eigenvalue weighted by atomic mass is 32.1. The molecule has 1 rings (SSSR count). The first kappa shape index (κ1) is 15.4. The van der Waals surface area contributed by atoms with E-state index < -0.39 is 7.60 Å². The topological polar surface area (TPSA) is 61.8 Å². The van der Waals surface area contributed by atoms with Crippen molar-refractivity contribution in [1.82, 2.24) is 0 Å². The SMILES string of the molecule is COC(=O)CC(CP(=O)(OC)OC)c1cccs1. The largest absolute Gasteiger partial charge is 0.469 e. The maximum Gasteiger partial charge on any atom is 0.330 e. The maximum atomic E-state index is 12.1. The minimum Gasteiger partial charge on any atom is -0.469 e. The van der Waals surface area contributed by atoms with E-state index in [0.717, 1.165) is 4.88 Å². The lowest BCUT2D eigenvalue weighted by Crippen LogP contribution is -2.12. The number of methoxy groups -OCH3 is 1. The zero-order valence-electron chi connectivity index (χ0n) is 10.6. The van der Waals surface area contributed by atoms with Crippen molar-refractivity contribution < 1.29 is 23.1 Å². The Kier molecular flexibility index (Phi) is 6.02. The number of esters is 1. The van der Waals surface area contributed by atoms with Crippen LogP contribution in [0.2, 0.25) is 0 Å². The summed E-state index contributed by atoms with van der Waals surface area (Å²) in [5.41, 5.74) is 0. The van der Waals surface area contributed by atoms with Gasteiger partial charge in [0, 0.05) is 25.0 Å². The Labute approximate surface area is 111 Å². The quantitative estimate of drug-likeness (QED) is 0.571. The van der Waals surface area contributed by atoms with Gasteiger partial charge in [-0.3, -0.25) is 9.36 Å². The van der Waals surface area contributed by atoms with Crippen LogP contribution in [-0.4, -0.2) is 33.5 Å². The second kappa shape index (κ2) is 7.04. The molecule has 1 unspecified atom stereocenters. The molecule has 0 saturated heterocycles. The van der Waals surface area contributed by atoms with Gasteiger partial charge in [-0.25, -0.2) is 0 Å². The van der Waals surface area contributed by atoms with Crippen LogP contribution in [0.1, 0.15) is 17.2 Å². The van der Waals surface area contributed by atoms with Gasteiger partial charge in [-0.05, 0) is 11.4 Å². The third-order valence-corrected chi connectivity index (χ3v) is 5.62. The monoisotopic (exact) mass is 292 g/mol. The predicted octanol–water partition coefficient (Wildman–Crippen LogP) is 2.88. The van der Waals surface area contributed by atoms with Gasteiger partial charge in [0.15, 0.2) is 0 Å². The van der Waals surface area contributed by atoms with Crippen LogP contribution in [0.25, 0.3) is 0 Å². The van der Waals surface area contributed by atoms with Gasteiger partial charge in [0.05, 0.1) is 19.7 Å². The highest BCUT2D eigenvalue weighted by Crippen LogP contribution is 2.50. The number of ether oxygens (including phenoxy) is 1. The highest BCUT2D eigenvalue weighted by molar-refractivity contribution is 7.53. The number of rotatable bonds is 7. The molecule has 0 aliphatic rings. The average molecular weight is 292 g/mol. The van der Waals surface area contributed by atoms with Gasteiger partial charge >= 0.3 is 13.6 Å². The molecule has 1 aromatic heterocycles. The standard InChI is InChI=1S/C11H17O5PS/c1-14-11(12)7-9(10-5-4-6-18-10)8-17(13,15-2)16-3/h4-6,9H,7-8H2,1-3H3. The summed E-state index contributed by atoms with van der Waals surface area (Å²) in [6.45, 7) is 0. The third kappa shape index (κ3) is 4.21. The van der Waals surface area contributed by atoms with Gasteiger partial charge in [0.1, 0.15) is 0 Å². The molecule has 1 heterocycles. The van der Waals surface area contributed by atoms with E-state index in [4.69, 9.17) is 9.05 Å². The Morgan fingerprint density at radius 3 is 2.50 bits per heavy atom. The van der Waals surface area contributed by atoms with Crippen LogP contribution in [0.15, 0.2) is 17.5 Å². The van der Waals surface area contributed by atoms with Crippen LogP contribution in [0.4, 0.5) is 0 Å². The lowest BCUT2D eigenvalue weighted by Gasteiger charge is -2.19. The molecule has 0 aromatic carbocycles. The Balaban J connectivity index is 2.85. The fraction of sp³-hybridized carbons (Fsp3) is 0.545. The lowest BCUT2D eigenvalue weighted by molar-refractivity contribution is -0.140. The lowest BCUT2D eigenvalue weighted by atomic mass is 10.1. The Hall–Kier alpha value is -0.680. The number of hydrogen-bond acceptors (Lipinski definition) is 6. The van der Waals surface area contributed by atoms with Crippen molar-refractivity contribution >= 4 is 24.9 Å². The highest BCUT2D eigenvalue weighted by Gasteiger charge is 2.30. The zero-order valence-corrected chi connectivity index (χ0v) is 12.3. The minimum absolute atomic E-state index is 0.160. The van der Waals surface area contributed by atoms with Crippen LogP contribution in [0.5, 0.6) is 0 Å². The average Bonchev–Trinajstić information content (AvgIpc) is 2.91. The second-order valence-electron chi connectivity index (χ2n) is 3.65. The predicted molar refractivity (Wildman–Crippen MR) is 70.2 cm³/mol. The summed E-state index contributed by atoms with van der Waals surface area (Å²) in [6.07, 6.45) is 0.323. The second-order valence-corrected chi connectivity index (χ2v) is 6.95. The molecule has 18 heavy (non-hydrogen) atoms. The summed E-state index contributed by atoms with van der Waals surface area (Å²) < 4.78 is 26.6. The molecule has 0 radical (unpaired) electrons. The van der Waals surface area contributed by atoms with E-state index in [1.807, 2.05) is 17.5 Å². The van der Waals surface area contributed by atoms with Gasteiger partial charge in [0.2, 0.25) is 0 Å². The maximum absolute atomic E-state index is 12.1. The minimum atomic E-state index is -3.15. The molecule has 0 aliphatic carbocycles. The van der Waals surface area contributed by atoms with E-state index in [0.29, 0.717) is 0 Å². The molecule has 0 N–H and O–H groups in total. The smallest absolute Gasteiger partial charge is 0.330 e. The molecule has 1 aromatic rings. The van der Waals surface area contributed by atoms with Crippen LogP contribution in [0, 0.1) is 0 Å². The first-order valence-corrected chi connectivity index (χ1v) is 7.96. The van der Waals surface area contributed by atoms with E-state index >= 15 is 0 Å². The van der Waals surface area contributed by atoms with Gasteiger partial charge in [0.25, 0.3) is 0 Å². The number of carbonyl (C=O) groups excluding carboxylic acids is 1. The van der Waals surface area contributed by atoms with Crippen molar-refractivity contribution in [2.24, 2.45) is 0 Å². The normalized spacial score (nSPS) is 13.3. The van der Waals surface area contributed by atoms with Crippen LogP contribution in [-0.2, 0) is 23.1 Å². The summed E-state index contributed by atoms with van der Waals surface area (Å²) in [7, 11) is 0.870. The fourth-order valence-corrected chi connectivity index (χ4v) is 3.82. The van der Waals surface area contributed by atoms with Crippen LogP contribution < -0.4 is 0 Å². The molecule has 0 fully saturated rings. The van der Waals surface area contributed by atoms with Gasteiger partial charge < -0.3 is 13.8 Å². The van der Waals surface area contributed by atoms with Crippen molar-refractivity contribution in [2.45, 2.75) is 12.3 Å². The number of carbonyl (C=O) groups is 1. The summed E-state index contributed by atoms with van der Waals surface area (Å²) >= 11 is 1.51. The van der Waals surface area contributed by atoms with Crippen molar-refractivity contribution in [3.63, 3.8) is 0 Å². The summed E-state index contributed by atoms with van der Waals surface area (Å²) in [5, 5.41) is 1.91. The molecule has 102 valence electrons. The molecule has 0 aliphatic heterocycles. The third-order valence-electron chi connectivity index (χ3n) is 2.59. The Morgan fingerprint density at radius 2 is 2.06 bits per heavy atom. The van der Waals surface area contributed by atoms with Crippen molar-refractivity contribution in [1.29, 1.82) is 0 Å². The Bertz CT molecular complexity index is 409. The first-order chi connectivity index (χ1) is 8.54. The van der Waals surface area contributed by atoms with Crippen LogP contribution >= 0.6 is 18.9 Å². The van der Waals surface area contributed by atoms with Gasteiger partial charge in [-0.1, -0.05) is 6.07 Å².